The highest BCUT2D eigenvalue weighted by Crippen LogP contribution is 2.32. The SMILES string of the molecule is O=C1CN(C2=NCCCCCCOc3ccccc3Oc3ncccc32)CCN1. The summed E-state index contributed by atoms with van der Waals surface area (Å²) >= 11 is 0. The fourth-order valence-corrected chi connectivity index (χ4v) is 3.51. The van der Waals surface area contributed by atoms with Crippen molar-refractivity contribution < 1.29 is 14.3 Å². The number of fused-ring (bicyclic) bond motifs is 2. The standard InChI is InChI=1S/C22H26N4O3/c27-20-16-26(14-13-23-20)21-17-8-7-12-25-22(17)29-19-10-4-3-9-18(19)28-15-6-2-1-5-11-24-21/h3-4,7-10,12H,1-2,5-6,11,13-16H2,(H,23,27). The zero-order valence-corrected chi connectivity index (χ0v) is 16.5. The highest BCUT2D eigenvalue weighted by Gasteiger charge is 2.24. The number of hydrogen-bond acceptors (Lipinski definition) is 6. The molecule has 2 aromatic rings. The Morgan fingerprint density at radius 1 is 1.00 bits per heavy atom. The number of nitrogens with zero attached hydrogens (tertiary/aromatic N) is 3. The molecule has 1 N–H and O–H groups in total. The lowest BCUT2D eigenvalue weighted by Gasteiger charge is -2.30. The molecule has 0 radical (unpaired) electrons. The van der Waals surface area contributed by atoms with Crippen molar-refractivity contribution in [2.75, 3.05) is 32.8 Å². The summed E-state index contributed by atoms with van der Waals surface area (Å²) in [4.78, 5) is 23.3. The van der Waals surface area contributed by atoms with Crippen molar-refractivity contribution in [3.8, 4) is 17.4 Å². The summed E-state index contributed by atoms with van der Waals surface area (Å²) in [6.45, 7) is 2.96. The Kier molecular flexibility index (Phi) is 6.24. The number of aromatic nitrogens is 1. The molecule has 4 rings (SSSR count). The number of aliphatic imine (C=N–C) groups is 1. The van der Waals surface area contributed by atoms with Gasteiger partial charge in [0.05, 0.1) is 18.7 Å². The maximum atomic E-state index is 12.0. The van der Waals surface area contributed by atoms with E-state index in [9.17, 15) is 4.79 Å². The number of pyridine rings is 1. The van der Waals surface area contributed by atoms with Crippen molar-refractivity contribution in [3.63, 3.8) is 0 Å². The van der Waals surface area contributed by atoms with E-state index in [1.54, 1.807) is 6.20 Å². The molecule has 3 heterocycles. The van der Waals surface area contributed by atoms with Gasteiger partial charge < -0.3 is 19.7 Å². The highest BCUT2D eigenvalue weighted by molar-refractivity contribution is 6.02. The summed E-state index contributed by atoms with van der Waals surface area (Å²) in [5.41, 5.74) is 0.786. The average Bonchev–Trinajstić information content (AvgIpc) is 2.74. The maximum absolute atomic E-state index is 12.0. The summed E-state index contributed by atoms with van der Waals surface area (Å²) in [6, 6.07) is 11.5. The lowest BCUT2D eigenvalue weighted by Crippen LogP contribution is -2.50. The third-order valence-corrected chi connectivity index (χ3v) is 4.98. The fraction of sp³-hybridized carbons (Fsp3) is 0.409. The van der Waals surface area contributed by atoms with Gasteiger partial charge >= 0.3 is 0 Å². The van der Waals surface area contributed by atoms with E-state index in [0.717, 1.165) is 37.1 Å². The molecule has 0 spiro atoms. The van der Waals surface area contributed by atoms with E-state index in [4.69, 9.17) is 14.5 Å². The van der Waals surface area contributed by atoms with Gasteiger partial charge in [0.2, 0.25) is 11.8 Å². The predicted octanol–water partition coefficient (Wildman–Crippen LogP) is 3.01. The Balaban J connectivity index is 1.72. The van der Waals surface area contributed by atoms with Crippen LogP contribution < -0.4 is 14.8 Å². The van der Waals surface area contributed by atoms with Crippen molar-refractivity contribution in [1.82, 2.24) is 15.2 Å². The van der Waals surface area contributed by atoms with Crippen molar-refractivity contribution in [1.29, 1.82) is 0 Å². The minimum atomic E-state index is 0.00320. The van der Waals surface area contributed by atoms with Gasteiger partial charge in [-0.15, -0.1) is 0 Å². The van der Waals surface area contributed by atoms with E-state index in [-0.39, 0.29) is 12.5 Å². The maximum Gasteiger partial charge on any atom is 0.239 e. The van der Waals surface area contributed by atoms with E-state index in [2.05, 4.69) is 10.3 Å². The van der Waals surface area contributed by atoms with Crippen LogP contribution >= 0.6 is 0 Å². The molecule has 1 amide bonds. The molecule has 2 aliphatic rings. The van der Waals surface area contributed by atoms with Crippen LogP contribution in [-0.2, 0) is 4.79 Å². The quantitative estimate of drug-likeness (QED) is 0.743. The molecule has 0 aliphatic carbocycles. The third kappa shape index (κ3) is 4.85. The van der Waals surface area contributed by atoms with Crippen LogP contribution in [0.15, 0.2) is 47.6 Å². The molecule has 7 heteroatoms. The lowest BCUT2D eigenvalue weighted by atomic mass is 10.1. The second-order valence-electron chi connectivity index (χ2n) is 7.14. The lowest BCUT2D eigenvalue weighted by molar-refractivity contribution is -0.122. The Morgan fingerprint density at radius 3 is 2.76 bits per heavy atom. The number of rotatable bonds is 0. The fourth-order valence-electron chi connectivity index (χ4n) is 3.51. The number of piperazine rings is 1. The molecule has 7 nitrogen and oxygen atoms in total. The van der Waals surface area contributed by atoms with Gasteiger partial charge in [-0.05, 0) is 43.5 Å². The number of ether oxygens (including phenoxy) is 2. The Bertz CT molecular complexity index is 884. The molecular formula is C22H26N4O3. The van der Waals surface area contributed by atoms with Crippen molar-refractivity contribution in [2.45, 2.75) is 25.7 Å². The van der Waals surface area contributed by atoms with Crippen LogP contribution in [0.2, 0.25) is 0 Å². The molecule has 0 atom stereocenters. The number of nitrogens with one attached hydrogen (secondary N) is 1. The number of carbonyl (C=O) groups excluding carboxylic acids is 1. The smallest absolute Gasteiger partial charge is 0.239 e. The van der Waals surface area contributed by atoms with Gasteiger partial charge in [-0.25, -0.2) is 4.98 Å². The number of amides is 1. The third-order valence-electron chi connectivity index (χ3n) is 4.98. The van der Waals surface area contributed by atoms with E-state index >= 15 is 0 Å². The molecule has 0 unspecified atom stereocenters. The normalized spacial score (nSPS) is 18.1. The first-order valence-electron chi connectivity index (χ1n) is 10.2. The summed E-state index contributed by atoms with van der Waals surface area (Å²) in [5.74, 6) is 2.56. The molecular weight excluding hydrogens is 368 g/mol. The van der Waals surface area contributed by atoms with Gasteiger partial charge in [0.25, 0.3) is 0 Å². The minimum absolute atomic E-state index is 0.00320. The van der Waals surface area contributed by atoms with Gasteiger partial charge in [0, 0.05) is 25.8 Å². The molecule has 0 bridgehead atoms. The second-order valence-corrected chi connectivity index (χ2v) is 7.14. The van der Waals surface area contributed by atoms with Crippen molar-refractivity contribution in [3.05, 3.63) is 48.2 Å². The van der Waals surface area contributed by atoms with Crippen LogP contribution in [0.5, 0.6) is 17.4 Å². The van der Waals surface area contributed by atoms with Crippen LogP contribution in [-0.4, -0.2) is 54.4 Å². The van der Waals surface area contributed by atoms with E-state index in [1.165, 1.54) is 0 Å². The molecule has 1 aromatic heterocycles. The monoisotopic (exact) mass is 394 g/mol. The number of amidine groups is 1. The van der Waals surface area contributed by atoms with Crippen LogP contribution in [0.4, 0.5) is 0 Å². The van der Waals surface area contributed by atoms with Gasteiger partial charge in [0.15, 0.2) is 11.5 Å². The molecule has 0 saturated carbocycles. The first kappa shape index (κ1) is 19.2. The number of para-hydroxylation sites is 2. The summed E-state index contributed by atoms with van der Waals surface area (Å²) in [6.07, 6.45) is 5.88. The van der Waals surface area contributed by atoms with Crippen LogP contribution in [0, 0.1) is 0 Å². The molecule has 29 heavy (non-hydrogen) atoms. The van der Waals surface area contributed by atoms with Crippen molar-refractivity contribution in [2.24, 2.45) is 4.99 Å². The topological polar surface area (TPSA) is 76.1 Å². The second kappa shape index (κ2) is 9.41. The Morgan fingerprint density at radius 2 is 1.86 bits per heavy atom. The molecule has 1 fully saturated rings. The van der Waals surface area contributed by atoms with E-state index in [1.807, 2.05) is 41.3 Å². The zero-order chi connectivity index (χ0) is 19.9. The van der Waals surface area contributed by atoms with Gasteiger partial charge in [-0.2, -0.15) is 0 Å². The Hall–Kier alpha value is -3.09. The molecule has 2 aliphatic heterocycles. The largest absolute Gasteiger partial charge is 0.490 e. The van der Waals surface area contributed by atoms with Gasteiger partial charge in [-0.1, -0.05) is 18.6 Å². The highest BCUT2D eigenvalue weighted by atomic mass is 16.5. The summed E-state index contributed by atoms with van der Waals surface area (Å²) in [7, 11) is 0. The van der Waals surface area contributed by atoms with Crippen molar-refractivity contribution >= 4 is 11.7 Å². The first-order valence-corrected chi connectivity index (χ1v) is 10.2. The number of carbonyl (C=O) groups is 1. The van der Waals surface area contributed by atoms with E-state index < -0.39 is 0 Å². The Labute approximate surface area is 170 Å². The molecule has 1 aromatic carbocycles. The summed E-state index contributed by atoms with van der Waals surface area (Å²) < 4.78 is 12.1. The van der Waals surface area contributed by atoms with Crippen LogP contribution in [0.1, 0.15) is 31.2 Å². The number of hydrogen-bond donors (Lipinski definition) is 1. The first-order chi connectivity index (χ1) is 14.3. The van der Waals surface area contributed by atoms with E-state index in [0.29, 0.717) is 43.6 Å². The summed E-state index contributed by atoms with van der Waals surface area (Å²) in [5, 5.41) is 2.87. The van der Waals surface area contributed by atoms with Crippen LogP contribution in [0.3, 0.4) is 0 Å². The van der Waals surface area contributed by atoms with Gasteiger partial charge in [0.1, 0.15) is 5.84 Å². The van der Waals surface area contributed by atoms with Gasteiger partial charge in [-0.3, -0.25) is 9.79 Å². The average molecular weight is 394 g/mol. The van der Waals surface area contributed by atoms with Crippen LogP contribution in [0.25, 0.3) is 0 Å². The predicted molar refractivity (Wildman–Crippen MR) is 111 cm³/mol. The molecule has 152 valence electrons. The zero-order valence-electron chi connectivity index (χ0n) is 16.5. The number of benzene rings is 1. The minimum Gasteiger partial charge on any atom is -0.490 e. The molecule has 1 saturated heterocycles.